The third-order valence-corrected chi connectivity index (χ3v) is 7.29. The van der Waals surface area contributed by atoms with E-state index in [-0.39, 0.29) is 6.10 Å². The Balaban J connectivity index is 1.08. The highest BCUT2D eigenvalue weighted by atomic mass is 16.5. The molecule has 1 aromatic carbocycles. The lowest BCUT2D eigenvalue weighted by atomic mass is 10.0. The van der Waals surface area contributed by atoms with Crippen LogP contribution in [0.5, 0.6) is 5.75 Å². The normalized spacial score (nSPS) is 20.7. The largest absolute Gasteiger partial charge is 0.493 e. The molecule has 1 aliphatic carbocycles. The van der Waals surface area contributed by atoms with Crippen molar-refractivity contribution < 1.29 is 19.4 Å². The Morgan fingerprint density at radius 1 is 1.17 bits per heavy atom. The Hall–Kier alpha value is -2.64. The van der Waals surface area contributed by atoms with Gasteiger partial charge in [0.25, 0.3) is 0 Å². The van der Waals surface area contributed by atoms with Crippen molar-refractivity contribution in [2.75, 3.05) is 38.2 Å². The number of aryl methyl sites for hydroxylation is 2. The minimum Gasteiger partial charge on any atom is -0.493 e. The fourth-order valence-electron chi connectivity index (χ4n) is 5.11. The predicted molar refractivity (Wildman–Crippen MR) is 135 cm³/mol. The van der Waals surface area contributed by atoms with Crippen LogP contribution in [0, 0.1) is 5.92 Å². The van der Waals surface area contributed by atoms with Crippen molar-refractivity contribution in [2.45, 2.75) is 63.5 Å². The first-order valence-corrected chi connectivity index (χ1v) is 13.2. The zero-order valence-corrected chi connectivity index (χ0v) is 20.5. The molecule has 0 amide bonds. The van der Waals surface area contributed by atoms with Gasteiger partial charge in [0.2, 0.25) is 0 Å². The zero-order chi connectivity index (χ0) is 24.0. The minimum atomic E-state index is -0.833. The summed E-state index contributed by atoms with van der Waals surface area (Å²) in [6.07, 6.45) is 8.59. The second-order valence-corrected chi connectivity index (χ2v) is 10.1. The molecule has 2 unspecified atom stereocenters. The maximum Gasteiger partial charge on any atom is 0.325 e. The van der Waals surface area contributed by atoms with Crippen molar-refractivity contribution in [2.24, 2.45) is 5.92 Å². The number of carboxylic acids is 1. The molecule has 0 bridgehead atoms. The van der Waals surface area contributed by atoms with E-state index in [1.807, 2.05) is 29.2 Å². The summed E-state index contributed by atoms with van der Waals surface area (Å²) >= 11 is 0. The van der Waals surface area contributed by atoms with Gasteiger partial charge in [-0.1, -0.05) is 24.3 Å². The SMILES string of the molecule is O=C(O)C(c1ccccc1OCC1CC1)N1CCC(OCCCCc2ccc3c(n2)NCCC3)C1. The highest BCUT2D eigenvalue weighted by Crippen LogP contribution is 2.35. The van der Waals surface area contributed by atoms with Gasteiger partial charge in [-0.2, -0.15) is 0 Å². The fourth-order valence-corrected chi connectivity index (χ4v) is 5.11. The molecule has 3 aliphatic rings. The number of para-hydroxylation sites is 1. The van der Waals surface area contributed by atoms with Gasteiger partial charge in [0.15, 0.2) is 0 Å². The van der Waals surface area contributed by atoms with Crippen molar-refractivity contribution in [3.05, 3.63) is 53.2 Å². The lowest BCUT2D eigenvalue weighted by Crippen LogP contribution is -2.33. The van der Waals surface area contributed by atoms with E-state index in [1.54, 1.807) is 0 Å². The number of anilines is 1. The van der Waals surface area contributed by atoms with Gasteiger partial charge in [0.1, 0.15) is 17.6 Å². The number of hydrogen-bond donors (Lipinski definition) is 2. The van der Waals surface area contributed by atoms with Gasteiger partial charge in [-0.15, -0.1) is 0 Å². The third kappa shape index (κ3) is 6.33. The van der Waals surface area contributed by atoms with Crippen LogP contribution in [0.1, 0.15) is 61.4 Å². The molecular weight excluding hydrogens is 442 g/mol. The topological polar surface area (TPSA) is 83.9 Å². The van der Waals surface area contributed by atoms with E-state index in [0.29, 0.717) is 38.0 Å². The number of ether oxygens (including phenoxy) is 2. The van der Waals surface area contributed by atoms with E-state index < -0.39 is 12.0 Å². The summed E-state index contributed by atoms with van der Waals surface area (Å²) in [5.41, 5.74) is 3.20. The molecule has 2 N–H and O–H groups in total. The molecule has 2 aliphatic heterocycles. The van der Waals surface area contributed by atoms with Gasteiger partial charge in [0, 0.05) is 37.5 Å². The van der Waals surface area contributed by atoms with Crippen LogP contribution < -0.4 is 10.1 Å². The van der Waals surface area contributed by atoms with E-state index in [4.69, 9.17) is 14.5 Å². The summed E-state index contributed by atoms with van der Waals surface area (Å²) < 4.78 is 12.2. The first-order chi connectivity index (χ1) is 17.2. The van der Waals surface area contributed by atoms with Gasteiger partial charge in [-0.3, -0.25) is 9.69 Å². The molecule has 1 saturated carbocycles. The van der Waals surface area contributed by atoms with E-state index in [1.165, 1.54) is 24.8 Å². The number of pyridine rings is 1. The number of benzene rings is 1. The van der Waals surface area contributed by atoms with Crippen molar-refractivity contribution in [1.82, 2.24) is 9.88 Å². The number of unbranched alkanes of at least 4 members (excludes halogenated alkanes) is 1. The number of carbonyl (C=O) groups is 1. The quantitative estimate of drug-likeness (QED) is 0.435. The molecule has 1 aromatic heterocycles. The summed E-state index contributed by atoms with van der Waals surface area (Å²) in [6.45, 7) is 3.72. The van der Waals surface area contributed by atoms with Gasteiger partial charge in [0.05, 0.1) is 12.7 Å². The molecule has 2 aromatic rings. The zero-order valence-electron chi connectivity index (χ0n) is 20.5. The molecule has 0 spiro atoms. The van der Waals surface area contributed by atoms with E-state index in [9.17, 15) is 9.90 Å². The number of hydrogen-bond acceptors (Lipinski definition) is 6. The van der Waals surface area contributed by atoms with Crippen LogP contribution in [0.15, 0.2) is 36.4 Å². The van der Waals surface area contributed by atoms with Gasteiger partial charge in [-0.05, 0) is 75.0 Å². The number of aromatic nitrogens is 1. The fraction of sp³-hybridized carbons (Fsp3) is 0.571. The average molecular weight is 480 g/mol. The predicted octanol–water partition coefficient (Wildman–Crippen LogP) is 4.47. The highest BCUT2D eigenvalue weighted by Gasteiger charge is 2.35. The van der Waals surface area contributed by atoms with Gasteiger partial charge in [-0.25, -0.2) is 4.98 Å². The molecule has 7 heteroatoms. The molecule has 0 radical (unpaired) electrons. The third-order valence-electron chi connectivity index (χ3n) is 7.29. The monoisotopic (exact) mass is 479 g/mol. The number of carboxylic acid groups (broad SMARTS) is 1. The second-order valence-electron chi connectivity index (χ2n) is 10.1. The molecule has 2 atom stereocenters. The van der Waals surface area contributed by atoms with E-state index >= 15 is 0 Å². The molecular formula is C28H37N3O4. The summed E-state index contributed by atoms with van der Waals surface area (Å²) in [7, 11) is 0. The van der Waals surface area contributed by atoms with Crippen LogP contribution in [-0.2, 0) is 22.4 Å². The van der Waals surface area contributed by atoms with Crippen molar-refractivity contribution in [3.8, 4) is 5.75 Å². The van der Waals surface area contributed by atoms with Crippen LogP contribution in [0.25, 0.3) is 0 Å². The van der Waals surface area contributed by atoms with Crippen molar-refractivity contribution >= 4 is 11.8 Å². The second kappa shape index (κ2) is 11.4. The standard InChI is InChI=1S/C28H37N3O4/c32-28(33)26(24-8-1-2-9-25(24)35-19-20-10-11-20)31-16-14-23(18-31)34-17-4-3-7-22-13-12-21-6-5-15-29-27(21)30-22/h1-2,8-9,12-13,20,23,26H,3-7,10-11,14-19H2,(H,29,30)(H,32,33). The van der Waals surface area contributed by atoms with Crippen molar-refractivity contribution in [3.63, 3.8) is 0 Å². The van der Waals surface area contributed by atoms with Gasteiger partial charge >= 0.3 is 5.97 Å². The maximum atomic E-state index is 12.3. The van der Waals surface area contributed by atoms with Gasteiger partial charge < -0.3 is 19.9 Å². The molecule has 1 saturated heterocycles. The molecule has 35 heavy (non-hydrogen) atoms. The Morgan fingerprint density at radius 3 is 2.91 bits per heavy atom. The summed E-state index contributed by atoms with van der Waals surface area (Å²) in [6, 6.07) is 11.2. The summed E-state index contributed by atoms with van der Waals surface area (Å²) in [5, 5.41) is 13.5. The first kappa shape index (κ1) is 24.1. The van der Waals surface area contributed by atoms with Crippen LogP contribution in [0.4, 0.5) is 5.82 Å². The van der Waals surface area contributed by atoms with E-state index in [2.05, 4.69) is 17.4 Å². The number of aliphatic carboxylic acids is 1. The first-order valence-electron chi connectivity index (χ1n) is 13.2. The summed E-state index contributed by atoms with van der Waals surface area (Å²) in [4.78, 5) is 19.1. The van der Waals surface area contributed by atoms with Crippen LogP contribution in [-0.4, -0.2) is 59.9 Å². The van der Waals surface area contributed by atoms with Crippen molar-refractivity contribution in [1.29, 1.82) is 0 Å². The Morgan fingerprint density at radius 2 is 2.06 bits per heavy atom. The lowest BCUT2D eigenvalue weighted by molar-refractivity contribution is -0.143. The lowest BCUT2D eigenvalue weighted by Gasteiger charge is -2.26. The van der Waals surface area contributed by atoms with Crippen LogP contribution in [0.2, 0.25) is 0 Å². The number of likely N-dealkylation sites (tertiary alicyclic amines) is 1. The summed E-state index contributed by atoms with van der Waals surface area (Å²) in [5.74, 6) is 1.54. The van der Waals surface area contributed by atoms with Crippen LogP contribution in [0.3, 0.4) is 0 Å². The minimum absolute atomic E-state index is 0.0717. The number of fused-ring (bicyclic) bond motifs is 1. The Labute approximate surface area is 207 Å². The molecule has 7 nitrogen and oxygen atoms in total. The Bertz CT molecular complexity index is 1010. The highest BCUT2D eigenvalue weighted by molar-refractivity contribution is 5.76. The number of rotatable bonds is 12. The number of nitrogens with zero attached hydrogens (tertiary/aromatic N) is 2. The maximum absolute atomic E-state index is 12.3. The molecule has 5 rings (SSSR count). The molecule has 3 heterocycles. The Kier molecular flexibility index (Phi) is 7.84. The average Bonchev–Trinajstić information content (AvgIpc) is 3.60. The van der Waals surface area contributed by atoms with Crippen LogP contribution >= 0.6 is 0 Å². The smallest absolute Gasteiger partial charge is 0.325 e. The molecule has 188 valence electrons. The molecule has 2 fully saturated rings. The number of nitrogens with one attached hydrogen (secondary N) is 1. The van der Waals surface area contributed by atoms with E-state index in [0.717, 1.165) is 55.7 Å².